The summed E-state index contributed by atoms with van der Waals surface area (Å²) in [4.78, 5) is 10.6. The lowest BCUT2D eigenvalue weighted by atomic mass is 9.93. The number of hydrogen-bond acceptors (Lipinski definition) is 2. The van der Waals surface area contributed by atoms with Gasteiger partial charge in [-0.15, -0.1) is 0 Å². The third-order valence-corrected chi connectivity index (χ3v) is 3.64. The average Bonchev–Trinajstić information content (AvgIpc) is 3.00. The molecule has 0 saturated carbocycles. The fourth-order valence-corrected chi connectivity index (χ4v) is 2.51. The van der Waals surface area contributed by atoms with Crippen LogP contribution in [0.3, 0.4) is 0 Å². The third kappa shape index (κ3) is 3.92. The molecule has 1 N–H and O–H groups in total. The molecule has 0 amide bonds. The highest BCUT2D eigenvalue weighted by molar-refractivity contribution is 5.80. The Balaban J connectivity index is 2.09. The van der Waals surface area contributed by atoms with Gasteiger partial charge in [-0.1, -0.05) is 13.8 Å². The van der Waals surface area contributed by atoms with E-state index < -0.39 is 6.55 Å². The van der Waals surface area contributed by atoms with E-state index in [4.69, 9.17) is 0 Å². The number of alkyl halides is 2. The molecule has 5 nitrogen and oxygen atoms in total. The summed E-state index contributed by atoms with van der Waals surface area (Å²) in [6.07, 6.45) is 3.76. The minimum atomic E-state index is -2.58. The van der Waals surface area contributed by atoms with E-state index in [2.05, 4.69) is 34.0 Å². The maximum atomic E-state index is 12.8. The SMILES string of the molecule is CCNC(=NCc1nccn1C(F)F)N1CCC(C)(C)C1. The fraction of sp³-hybridized carbons (Fsp3) is 0.714. The summed E-state index contributed by atoms with van der Waals surface area (Å²) >= 11 is 0. The van der Waals surface area contributed by atoms with Gasteiger partial charge < -0.3 is 10.2 Å². The van der Waals surface area contributed by atoms with E-state index in [1.54, 1.807) is 0 Å². The molecule has 1 aromatic heterocycles. The van der Waals surface area contributed by atoms with Gasteiger partial charge in [-0.25, -0.2) is 9.98 Å². The van der Waals surface area contributed by atoms with Crippen molar-refractivity contribution in [2.24, 2.45) is 10.4 Å². The van der Waals surface area contributed by atoms with E-state index in [1.165, 1.54) is 12.4 Å². The number of guanidine groups is 1. The van der Waals surface area contributed by atoms with Crippen LogP contribution in [-0.4, -0.2) is 40.0 Å². The zero-order valence-electron chi connectivity index (χ0n) is 12.8. The molecule has 2 heterocycles. The quantitative estimate of drug-likeness (QED) is 0.686. The summed E-state index contributed by atoms with van der Waals surface area (Å²) in [6.45, 7) is 6.61. The number of aliphatic imine (C=N–C) groups is 1. The van der Waals surface area contributed by atoms with Crippen molar-refractivity contribution >= 4 is 5.96 Å². The van der Waals surface area contributed by atoms with E-state index >= 15 is 0 Å². The second-order valence-electron chi connectivity index (χ2n) is 6.03. The lowest BCUT2D eigenvalue weighted by Crippen LogP contribution is -2.40. The van der Waals surface area contributed by atoms with Crippen molar-refractivity contribution in [2.45, 2.75) is 40.3 Å². The Kier molecular flexibility index (Phi) is 4.80. The van der Waals surface area contributed by atoms with Crippen LogP contribution in [0.5, 0.6) is 0 Å². The van der Waals surface area contributed by atoms with Gasteiger partial charge in [0.15, 0.2) is 5.96 Å². The predicted octanol–water partition coefficient (Wildman–Crippen LogP) is 2.48. The van der Waals surface area contributed by atoms with E-state index in [0.717, 1.165) is 36.6 Å². The highest BCUT2D eigenvalue weighted by Crippen LogP contribution is 2.28. The molecule has 0 bridgehead atoms. The summed E-state index contributed by atoms with van der Waals surface area (Å²) in [5.41, 5.74) is 0.262. The van der Waals surface area contributed by atoms with Crippen LogP contribution in [0.25, 0.3) is 0 Å². The smallest absolute Gasteiger partial charge is 0.319 e. The highest BCUT2D eigenvalue weighted by Gasteiger charge is 2.30. The third-order valence-electron chi connectivity index (χ3n) is 3.64. The molecular formula is C14H23F2N5. The van der Waals surface area contributed by atoms with Crippen molar-refractivity contribution in [3.8, 4) is 0 Å². The first-order chi connectivity index (χ1) is 9.93. The van der Waals surface area contributed by atoms with Crippen molar-refractivity contribution in [2.75, 3.05) is 19.6 Å². The summed E-state index contributed by atoms with van der Waals surface area (Å²) in [6, 6.07) is 0. The molecule has 7 heteroatoms. The van der Waals surface area contributed by atoms with E-state index in [-0.39, 0.29) is 17.8 Å². The number of halogens is 2. The summed E-state index contributed by atoms with van der Waals surface area (Å²) in [5.74, 6) is 1.05. The first-order valence-corrected chi connectivity index (χ1v) is 7.26. The standard InChI is InChI=1S/C14H23F2N5/c1-4-17-13(20-7-5-14(2,3)10-20)19-9-11-18-6-8-21(11)12(15)16/h6,8,12H,4-5,7,9-10H2,1-3H3,(H,17,19). The molecule has 0 radical (unpaired) electrons. The molecule has 1 aliphatic heterocycles. The molecule has 0 atom stereocenters. The zero-order valence-corrected chi connectivity index (χ0v) is 12.8. The Labute approximate surface area is 124 Å². The first-order valence-electron chi connectivity index (χ1n) is 7.26. The number of nitrogens with one attached hydrogen (secondary N) is 1. The van der Waals surface area contributed by atoms with Gasteiger partial charge in [0.05, 0.1) is 0 Å². The van der Waals surface area contributed by atoms with Crippen LogP contribution < -0.4 is 5.32 Å². The topological polar surface area (TPSA) is 45.5 Å². The van der Waals surface area contributed by atoms with Crippen molar-refractivity contribution in [1.29, 1.82) is 0 Å². The summed E-state index contributed by atoms with van der Waals surface area (Å²) in [5, 5.41) is 3.22. The number of hydrogen-bond donors (Lipinski definition) is 1. The van der Waals surface area contributed by atoms with E-state index in [1.807, 2.05) is 6.92 Å². The molecule has 1 aliphatic rings. The molecule has 1 aromatic rings. The van der Waals surface area contributed by atoms with Gasteiger partial charge in [0.2, 0.25) is 0 Å². The molecular weight excluding hydrogens is 276 g/mol. The second-order valence-corrected chi connectivity index (χ2v) is 6.03. The summed E-state index contributed by atoms with van der Waals surface area (Å²) < 4.78 is 26.4. The number of likely N-dealkylation sites (tertiary alicyclic amines) is 1. The van der Waals surface area contributed by atoms with Crippen LogP contribution in [0.1, 0.15) is 39.6 Å². The lowest BCUT2D eigenvalue weighted by Gasteiger charge is -2.23. The lowest BCUT2D eigenvalue weighted by molar-refractivity contribution is 0.0671. The monoisotopic (exact) mass is 299 g/mol. The first kappa shape index (κ1) is 15.7. The van der Waals surface area contributed by atoms with Crippen molar-refractivity contribution in [3.63, 3.8) is 0 Å². The Morgan fingerprint density at radius 1 is 1.52 bits per heavy atom. The fourth-order valence-electron chi connectivity index (χ4n) is 2.51. The Morgan fingerprint density at radius 3 is 2.86 bits per heavy atom. The number of rotatable bonds is 4. The van der Waals surface area contributed by atoms with E-state index in [9.17, 15) is 8.78 Å². The largest absolute Gasteiger partial charge is 0.357 e. The van der Waals surface area contributed by atoms with Gasteiger partial charge >= 0.3 is 6.55 Å². The molecule has 0 aromatic carbocycles. The Hall–Kier alpha value is -1.66. The molecule has 0 unspecified atom stereocenters. The minimum absolute atomic E-state index is 0.149. The van der Waals surface area contributed by atoms with Crippen LogP contribution in [0.15, 0.2) is 17.4 Å². The van der Waals surface area contributed by atoms with Gasteiger partial charge in [-0.05, 0) is 18.8 Å². The second kappa shape index (κ2) is 6.41. The van der Waals surface area contributed by atoms with Crippen molar-refractivity contribution in [3.05, 3.63) is 18.2 Å². The molecule has 118 valence electrons. The summed E-state index contributed by atoms with van der Waals surface area (Å²) in [7, 11) is 0. The molecule has 0 aliphatic carbocycles. The molecule has 2 rings (SSSR count). The number of imidazole rings is 1. The average molecular weight is 299 g/mol. The highest BCUT2D eigenvalue weighted by atomic mass is 19.3. The van der Waals surface area contributed by atoms with Crippen LogP contribution in [0, 0.1) is 5.41 Å². The minimum Gasteiger partial charge on any atom is -0.357 e. The van der Waals surface area contributed by atoms with Gasteiger partial charge in [-0.2, -0.15) is 8.78 Å². The Bertz CT molecular complexity index is 495. The Morgan fingerprint density at radius 2 is 2.29 bits per heavy atom. The molecule has 21 heavy (non-hydrogen) atoms. The molecule has 0 spiro atoms. The maximum absolute atomic E-state index is 12.8. The van der Waals surface area contributed by atoms with Crippen LogP contribution in [-0.2, 0) is 6.54 Å². The van der Waals surface area contributed by atoms with Crippen LogP contribution >= 0.6 is 0 Å². The van der Waals surface area contributed by atoms with Crippen LogP contribution in [0.2, 0.25) is 0 Å². The number of nitrogens with zero attached hydrogens (tertiary/aromatic N) is 4. The van der Waals surface area contributed by atoms with Crippen LogP contribution in [0.4, 0.5) is 8.78 Å². The van der Waals surface area contributed by atoms with Crippen molar-refractivity contribution < 1.29 is 8.78 Å². The van der Waals surface area contributed by atoms with Gasteiger partial charge in [0.1, 0.15) is 12.4 Å². The van der Waals surface area contributed by atoms with E-state index in [0.29, 0.717) is 0 Å². The van der Waals surface area contributed by atoms with Crippen molar-refractivity contribution in [1.82, 2.24) is 19.8 Å². The predicted molar refractivity (Wildman–Crippen MR) is 78.3 cm³/mol. The molecule has 1 saturated heterocycles. The van der Waals surface area contributed by atoms with Gasteiger partial charge in [-0.3, -0.25) is 4.57 Å². The van der Waals surface area contributed by atoms with Gasteiger partial charge in [0.25, 0.3) is 0 Å². The maximum Gasteiger partial charge on any atom is 0.319 e. The van der Waals surface area contributed by atoms with Gasteiger partial charge in [0, 0.05) is 32.0 Å². The normalized spacial score (nSPS) is 18.6. The number of aromatic nitrogens is 2. The molecule has 1 fully saturated rings. The zero-order chi connectivity index (χ0) is 15.5.